The number of unbranched alkanes of at least 4 members (excludes halogenated alkanes) is 19. The van der Waals surface area contributed by atoms with Crippen molar-refractivity contribution in [3.8, 4) is 0 Å². The van der Waals surface area contributed by atoms with Crippen LogP contribution in [0.2, 0.25) is 0 Å². The van der Waals surface area contributed by atoms with Gasteiger partial charge < -0.3 is 0 Å². The maximum Gasteiger partial charge on any atom is -0.00116 e. The third-order valence-electron chi connectivity index (χ3n) is 5.48. The van der Waals surface area contributed by atoms with Crippen LogP contribution >= 0.6 is 12.6 Å². The third kappa shape index (κ3) is 24.4. The second kappa shape index (κ2) is 22.4. The maximum absolute atomic E-state index is 4.44. The monoisotopic (exact) mass is 370 g/mol. The van der Waals surface area contributed by atoms with Gasteiger partial charge in [0.25, 0.3) is 0 Å². The van der Waals surface area contributed by atoms with Crippen LogP contribution in [0.25, 0.3) is 0 Å². The first kappa shape index (κ1) is 25.4. The van der Waals surface area contributed by atoms with Gasteiger partial charge in [0.2, 0.25) is 0 Å². The molecule has 0 heterocycles. The summed E-state index contributed by atoms with van der Waals surface area (Å²) >= 11 is 4.44. The van der Waals surface area contributed by atoms with Gasteiger partial charge in [0.1, 0.15) is 0 Å². The molecule has 25 heavy (non-hydrogen) atoms. The molecule has 152 valence electrons. The van der Waals surface area contributed by atoms with E-state index in [2.05, 4.69) is 26.5 Å². The summed E-state index contributed by atoms with van der Waals surface area (Å²) in [5.41, 5.74) is 0. The van der Waals surface area contributed by atoms with E-state index < -0.39 is 0 Å². The van der Waals surface area contributed by atoms with Crippen molar-refractivity contribution in [1.29, 1.82) is 0 Å². The lowest BCUT2D eigenvalue weighted by Crippen LogP contribution is -1.90. The van der Waals surface area contributed by atoms with Crippen LogP contribution in [0.1, 0.15) is 149 Å². The van der Waals surface area contributed by atoms with E-state index in [0.717, 1.165) is 0 Å². The topological polar surface area (TPSA) is 0 Å². The summed E-state index contributed by atoms with van der Waals surface area (Å²) in [4.78, 5) is 0. The van der Waals surface area contributed by atoms with Gasteiger partial charge in [-0.1, -0.05) is 142 Å². The van der Waals surface area contributed by atoms with E-state index in [-0.39, 0.29) is 0 Å². The van der Waals surface area contributed by atoms with Gasteiger partial charge in [-0.05, 0) is 11.7 Å². The SMILES string of the molecule is CCCCCCCCCCCCCCCCCCCCCCC(C)S. The van der Waals surface area contributed by atoms with E-state index in [9.17, 15) is 0 Å². The fraction of sp³-hybridized carbons (Fsp3) is 1.00. The van der Waals surface area contributed by atoms with Crippen LogP contribution in [0.5, 0.6) is 0 Å². The Bertz CT molecular complexity index is 224. The van der Waals surface area contributed by atoms with Gasteiger partial charge in [-0.2, -0.15) is 12.6 Å². The molecule has 0 spiro atoms. The Morgan fingerprint density at radius 2 is 0.680 bits per heavy atom. The summed E-state index contributed by atoms with van der Waals surface area (Å²) in [7, 11) is 0. The molecule has 1 unspecified atom stereocenters. The Kier molecular flexibility index (Phi) is 22.7. The predicted molar refractivity (Wildman–Crippen MR) is 121 cm³/mol. The summed E-state index contributed by atoms with van der Waals surface area (Å²) in [6, 6.07) is 0. The van der Waals surface area contributed by atoms with E-state index in [1.165, 1.54) is 135 Å². The Morgan fingerprint density at radius 3 is 0.920 bits per heavy atom. The molecule has 0 bridgehead atoms. The third-order valence-corrected chi connectivity index (χ3v) is 5.73. The highest BCUT2D eigenvalue weighted by molar-refractivity contribution is 7.80. The number of hydrogen-bond donors (Lipinski definition) is 1. The molecule has 0 rings (SSSR count). The molecular weight excluding hydrogens is 320 g/mol. The van der Waals surface area contributed by atoms with Gasteiger partial charge in [0.15, 0.2) is 0 Å². The van der Waals surface area contributed by atoms with Crippen LogP contribution < -0.4 is 0 Å². The maximum atomic E-state index is 4.44. The molecule has 1 atom stereocenters. The molecule has 0 aromatic carbocycles. The fourth-order valence-electron chi connectivity index (χ4n) is 3.69. The largest absolute Gasteiger partial charge is 0.176 e. The van der Waals surface area contributed by atoms with Crippen molar-refractivity contribution in [1.82, 2.24) is 0 Å². The van der Waals surface area contributed by atoms with Crippen LogP contribution in [0.3, 0.4) is 0 Å². The lowest BCUT2D eigenvalue weighted by Gasteiger charge is -2.05. The van der Waals surface area contributed by atoms with Gasteiger partial charge >= 0.3 is 0 Å². The Morgan fingerprint density at radius 1 is 0.440 bits per heavy atom. The highest BCUT2D eigenvalue weighted by atomic mass is 32.1. The van der Waals surface area contributed by atoms with Crippen molar-refractivity contribution in [2.24, 2.45) is 0 Å². The average Bonchev–Trinajstić information content (AvgIpc) is 2.60. The minimum Gasteiger partial charge on any atom is -0.176 e. The fourth-order valence-corrected chi connectivity index (χ4v) is 3.88. The molecule has 0 nitrogen and oxygen atoms in total. The van der Waals surface area contributed by atoms with Gasteiger partial charge in [-0.15, -0.1) is 0 Å². The molecular formula is C24H50S. The van der Waals surface area contributed by atoms with Gasteiger partial charge in [-0.25, -0.2) is 0 Å². The molecule has 1 heteroatoms. The second-order valence-electron chi connectivity index (χ2n) is 8.36. The zero-order chi connectivity index (χ0) is 18.4. The van der Waals surface area contributed by atoms with Gasteiger partial charge in [0, 0.05) is 0 Å². The van der Waals surface area contributed by atoms with Crippen LogP contribution in [-0.2, 0) is 0 Å². The Hall–Kier alpha value is 0.350. The van der Waals surface area contributed by atoms with Crippen molar-refractivity contribution in [3.63, 3.8) is 0 Å². The lowest BCUT2D eigenvalue weighted by atomic mass is 10.0. The van der Waals surface area contributed by atoms with Crippen LogP contribution in [0.15, 0.2) is 0 Å². The molecule has 0 aliphatic rings. The molecule has 0 N–H and O–H groups in total. The molecule has 0 aliphatic heterocycles. The smallest absolute Gasteiger partial charge is 0.00116 e. The summed E-state index contributed by atoms with van der Waals surface area (Å²) < 4.78 is 0. The predicted octanol–water partition coefficient (Wildman–Crippen LogP) is 9.52. The summed E-state index contributed by atoms with van der Waals surface area (Å²) in [6.07, 6.45) is 30.5. The molecule has 0 radical (unpaired) electrons. The number of thiol groups is 1. The van der Waals surface area contributed by atoms with Crippen molar-refractivity contribution < 1.29 is 0 Å². The minimum absolute atomic E-state index is 0.593. The first-order chi connectivity index (χ1) is 12.3. The van der Waals surface area contributed by atoms with Crippen LogP contribution in [0, 0.1) is 0 Å². The van der Waals surface area contributed by atoms with E-state index in [0.29, 0.717) is 5.25 Å². The molecule has 0 saturated carbocycles. The van der Waals surface area contributed by atoms with E-state index in [1.54, 1.807) is 0 Å². The van der Waals surface area contributed by atoms with Crippen LogP contribution in [-0.4, -0.2) is 5.25 Å². The molecule has 0 aliphatic carbocycles. The molecule has 0 saturated heterocycles. The van der Waals surface area contributed by atoms with Gasteiger partial charge in [0.05, 0.1) is 0 Å². The first-order valence-corrected chi connectivity index (χ1v) is 12.5. The van der Waals surface area contributed by atoms with Crippen molar-refractivity contribution in [2.75, 3.05) is 0 Å². The van der Waals surface area contributed by atoms with Gasteiger partial charge in [-0.3, -0.25) is 0 Å². The van der Waals surface area contributed by atoms with E-state index in [1.807, 2.05) is 0 Å². The first-order valence-electron chi connectivity index (χ1n) is 12.0. The normalized spacial score (nSPS) is 12.6. The van der Waals surface area contributed by atoms with E-state index in [4.69, 9.17) is 0 Å². The number of hydrogen-bond acceptors (Lipinski definition) is 1. The molecule has 0 aromatic heterocycles. The minimum atomic E-state index is 0.593. The number of rotatable bonds is 21. The highest BCUT2D eigenvalue weighted by Crippen LogP contribution is 2.15. The average molecular weight is 371 g/mol. The highest BCUT2D eigenvalue weighted by Gasteiger charge is 1.96. The molecule has 0 aromatic rings. The van der Waals surface area contributed by atoms with Crippen molar-refractivity contribution in [2.45, 2.75) is 154 Å². The second-order valence-corrected chi connectivity index (χ2v) is 9.24. The Labute approximate surface area is 166 Å². The molecule has 0 fully saturated rings. The molecule has 0 amide bonds. The van der Waals surface area contributed by atoms with Crippen LogP contribution in [0.4, 0.5) is 0 Å². The standard InChI is InChI=1S/C24H50S/c1-3-4-5-6-7-8-9-10-11-12-13-14-15-16-17-18-19-20-21-22-23-24(2)25/h24-25H,3-23H2,1-2H3. The summed E-state index contributed by atoms with van der Waals surface area (Å²) in [6.45, 7) is 4.51. The Balaban J connectivity index is 2.96. The quantitative estimate of drug-likeness (QED) is 0.151. The zero-order valence-corrected chi connectivity index (χ0v) is 18.8. The zero-order valence-electron chi connectivity index (χ0n) is 17.9. The summed E-state index contributed by atoms with van der Waals surface area (Å²) in [5, 5.41) is 0.593. The summed E-state index contributed by atoms with van der Waals surface area (Å²) in [5.74, 6) is 0. The van der Waals surface area contributed by atoms with Crippen molar-refractivity contribution >= 4 is 12.6 Å². The lowest BCUT2D eigenvalue weighted by molar-refractivity contribution is 0.520. The van der Waals surface area contributed by atoms with E-state index >= 15 is 0 Å². The van der Waals surface area contributed by atoms with Crippen molar-refractivity contribution in [3.05, 3.63) is 0 Å².